The van der Waals surface area contributed by atoms with Gasteiger partial charge >= 0.3 is 5.97 Å². The van der Waals surface area contributed by atoms with E-state index in [4.69, 9.17) is 29.4 Å². The number of esters is 1. The normalized spacial score (nSPS) is 30.6. The number of hydrogen-bond donors (Lipinski definition) is 7. The molecule has 0 radical (unpaired) electrons. The molecule has 1 unspecified atom stereocenters. The molecule has 4 aromatic rings. The number of methoxy groups -OCH3 is 2. The summed E-state index contributed by atoms with van der Waals surface area (Å²) in [4.78, 5) is 13.3. The van der Waals surface area contributed by atoms with E-state index in [-0.39, 0.29) is 66.3 Å². The zero-order valence-corrected chi connectivity index (χ0v) is 50.9. The molecule has 13 atom stereocenters. The van der Waals surface area contributed by atoms with Gasteiger partial charge in [0.2, 0.25) is 0 Å². The van der Waals surface area contributed by atoms with Crippen molar-refractivity contribution in [3.05, 3.63) is 128 Å². The van der Waals surface area contributed by atoms with Gasteiger partial charge in [0.25, 0.3) is 0 Å². The number of fused-ring (bicyclic) bond motifs is 10. The maximum absolute atomic E-state index is 13.7. The molecular weight excluding hydrogens is 1100 g/mol. The lowest BCUT2D eigenvalue weighted by molar-refractivity contribution is -0.141. The van der Waals surface area contributed by atoms with Gasteiger partial charge in [-0.2, -0.15) is 0 Å². The first kappa shape index (κ1) is 58.0. The topological polar surface area (TPSA) is 186 Å². The van der Waals surface area contributed by atoms with Crippen LogP contribution in [0.25, 0.3) is 17.2 Å². The number of nitrogens with one attached hydrogen (secondary N) is 3. The number of allylic oxidation sites excluding steroid dienone is 3. The van der Waals surface area contributed by atoms with E-state index in [1.807, 2.05) is 27.7 Å². The summed E-state index contributed by atoms with van der Waals surface area (Å²) >= 11 is 0. The van der Waals surface area contributed by atoms with Crippen LogP contribution >= 0.6 is 21.6 Å². The predicted octanol–water partition coefficient (Wildman–Crippen LogP) is 10.8. The number of phenols is 2. The third-order valence-electron chi connectivity index (χ3n) is 20.0. The highest BCUT2D eigenvalue weighted by Crippen LogP contribution is 2.64. The Kier molecular flexibility index (Phi) is 16.8. The van der Waals surface area contributed by atoms with Crippen LogP contribution in [0.4, 0.5) is 0 Å². The van der Waals surface area contributed by atoms with Gasteiger partial charge in [0.1, 0.15) is 42.0 Å². The number of dihydropyridines is 1. The molecule has 13 rings (SSSR count). The Hall–Kier alpha value is -6.01. The molecule has 0 aromatic heterocycles. The number of carbonyl (C=O) groups excluding carboxylic acids is 1. The minimum atomic E-state index is -0.819. The van der Waals surface area contributed by atoms with E-state index in [1.165, 1.54) is 18.9 Å². The summed E-state index contributed by atoms with van der Waals surface area (Å²) < 4.78 is 33.9. The first-order valence-electron chi connectivity index (χ1n) is 30.9. The molecule has 85 heavy (non-hydrogen) atoms. The lowest BCUT2D eigenvalue weighted by Crippen LogP contribution is -2.52. The minimum absolute atomic E-state index is 0.00174. The van der Waals surface area contributed by atoms with Gasteiger partial charge in [-0.05, 0) is 127 Å². The number of aromatic hydroxyl groups is 2. The Bertz CT molecular complexity index is 3470. The summed E-state index contributed by atoms with van der Waals surface area (Å²) in [6, 6.07) is 18.6. The molecule has 1 saturated heterocycles. The average Bonchev–Trinajstić information content (AvgIpc) is 1.70. The third-order valence-corrected chi connectivity index (χ3v) is 23.0. The highest BCUT2D eigenvalue weighted by molar-refractivity contribution is 8.77. The molecule has 3 aliphatic carbocycles. The van der Waals surface area contributed by atoms with Crippen LogP contribution in [0, 0.1) is 47.4 Å². The quantitative estimate of drug-likeness (QED) is 0.0477. The van der Waals surface area contributed by atoms with Crippen LogP contribution in [0.5, 0.6) is 28.7 Å². The van der Waals surface area contributed by atoms with Crippen molar-refractivity contribution in [2.75, 3.05) is 46.3 Å². The van der Waals surface area contributed by atoms with Crippen LogP contribution in [0.15, 0.2) is 83.6 Å². The fraction of sp³-hybridized carbons (Fsp3) is 0.500. The first-order valence-corrected chi connectivity index (χ1v) is 33.3. The second-order valence-corrected chi connectivity index (χ2v) is 27.9. The Morgan fingerprint density at radius 2 is 1.86 bits per heavy atom. The van der Waals surface area contributed by atoms with E-state index in [1.54, 1.807) is 20.3 Å². The average molecular weight is 1190 g/mol. The number of aliphatic hydroxyl groups excluding tert-OH is 1. The summed E-state index contributed by atoms with van der Waals surface area (Å²) in [6.45, 7) is 4.51. The van der Waals surface area contributed by atoms with Crippen molar-refractivity contribution in [1.82, 2.24) is 16.0 Å². The van der Waals surface area contributed by atoms with Gasteiger partial charge in [-0.3, -0.25) is 4.79 Å². The van der Waals surface area contributed by atoms with Crippen LogP contribution in [0.1, 0.15) is 141 Å². The Balaban J connectivity index is 1.10. The molecule has 9 aliphatic rings. The van der Waals surface area contributed by atoms with Crippen LogP contribution in [0.2, 0.25) is 0 Å². The third kappa shape index (κ3) is 11.1. The van der Waals surface area contributed by atoms with Gasteiger partial charge in [-0.1, -0.05) is 107 Å². The fourth-order valence-corrected chi connectivity index (χ4v) is 19.1. The van der Waals surface area contributed by atoms with Gasteiger partial charge in [-0.15, -0.1) is 5.92 Å². The number of aliphatic hydroxyl groups is 1. The van der Waals surface area contributed by atoms with Gasteiger partial charge in [-0.25, -0.2) is 0 Å². The second-order valence-electron chi connectivity index (χ2n) is 25.3. The van der Waals surface area contributed by atoms with Crippen molar-refractivity contribution in [2.45, 2.75) is 150 Å². The number of hydrogen-bond acceptors (Lipinski definition) is 15. The van der Waals surface area contributed by atoms with Crippen LogP contribution in [-0.4, -0.2) is 97.2 Å². The lowest BCUT2D eigenvalue weighted by atomic mass is 9.65. The number of ether oxygens (including phenoxy) is 5. The molecule has 4 aromatic carbocycles. The number of phenolic OH excluding ortho intramolecular Hbond substituents is 2. The van der Waals surface area contributed by atoms with Crippen molar-refractivity contribution < 1.29 is 43.8 Å². The smallest absolute Gasteiger partial charge is 0.302 e. The van der Waals surface area contributed by atoms with E-state index in [9.17, 15) is 20.1 Å². The van der Waals surface area contributed by atoms with Gasteiger partial charge < -0.3 is 60.7 Å². The van der Waals surface area contributed by atoms with Crippen molar-refractivity contribution in [3.63, 3.8) is 0 Å². The van der Waals surface area contributed by atoms with Gasteiger partial charge in [0.15, 0.2) is 11.5 Å². The first-order chi connectivity index (χ1) is 41.4. The van der Waals surface area contributed by atoms with Crippen LogP contribution < -0.4 is 35.9 Å². The van der Waals surface area contributed by atoms with Crippen molar-refractivity contribution in [2.24, 2.45) is 29.4 Å². The maximum atomic E-state index is 13.7. The molecule has 6 aliphatic heterocycles. The summed E-state index contributed by atoms with van der Waals surface area (Å²) in [5.41, 5.74) is 18.4. The molecule has 1 spiro atoms. The van der Waals surface area contributed by atoms with E-state index in [2.05, 4.69) is 107 Å². The number of rotatable bonds is 9. The second kappa shape index (κ2) is 24.6. The van der Waals surface area contributed by atoms with E-state index >= 15 is 0 Å². The summed E-state index contributed by atoms with van der Waals surface area (Å²) in [5.74, 6) is 16.5. The molecular formula is C70H80N4O9S2. The Morgan fingerprint density at radius 3 is 2.67 bits per heavy atom. The molecule has 6 bridgehead atoms. The van der Waals surface area contributed by atoms with Gasteiger partial charge in [0, 0.05) is 103 Å². The molecule has 8 N–H and O–H groups in total. The van der Waals surface area contributed by atoms with E-state index in [0.717, 1.165) is 120 Å². The largest absolute Gasteiger partial charge is 0.508 e. The summed E-state index contributed by atoms with van der Waals surface area (Å²) in [7, 11) is 7.18. The molecule has 15 heteroatoms. The SMILES string of the molecule is CCC1=CC2=C(C#C[C@@H]3C#CC[C@@H](COC)[C@H](CO)CNCc4c(O)c5c(c(c43)[C@H]3Oc4c(ccc6c4[C@@]4(CC[C@H](C2)C4)Cc2cc(O)cc(OC)c2-6)[C@@H]3COC(C)=O)C=C[C@@H]2N[C@@H]3CCC[C@@H](CSS[C@H](Cc4ccccc4)[C@H]2O5)C3)NC1N. The summed E-state index contributed by atoms with van der Waals surface area (Å²) in [6.07, 6.45) is 15.6. The molecule has 6 heterocycles. The Morgan fingerprint density at radius 1 is 0.988 bits per heavy atom. The van der Waals surface area contributed by atoms with Crippen molar-refractivity contribution >= 4 is 33.6 Å². The highest BCUT2D eigenvalue weighted by atomic mass is 33.1. The Labute approximate surface area is 508 Å². The van der Waals surface area contributed by atoms with E-state index in [0.29, 0.717) is 60.1 Å². The minimum Gasteiger partial charge on any atom is -0.508 e. The standard InChI is InChI=1S/C70H80N4O9S2/c1-5-43-28-46-25-41-23-24-70(31-41)32-47-29-50(77)30-58(80-4)60(47)52-19-18-51-55(37-81-39(2)76)65(82-66(51)63(52)70)62-53-20-22-57-68(59(27-40-11-7-6-8-12-40)85-84-38-42-13-9-16-49(26-42)73-57)83-67(53)64(78)54-34-72-33-48(35-75)45(36-79-3)15-10-14-44(61(54)62)17-21-56(46)74-69(43)71/h6-8,11-12,18-20,22,28-30,41-42,44-45,48-49,55,57,59,65,68-69,72-75,77-78H,5,9,13,15-16,23-27,31-38,71H2,1-4H3/t41-,42-,44+,45+,48+,49-,55+,57+,59-,65+,68+,69?,70-/m1/s1. The predicted molar refractivity (Wildman–Crippen MR) is 335 cm³/mol. The zero-order valence-electron chi connectivity index (χ0n) is 49.3. The molecule has 3 fully saturated rings. The number of benzene rings is 4. The zero-order chi connectivity index (χ0) is 58.5. The van der Waals surface area contributed by atoms with Crippen molar-refractivity contribution in [1.29, 1.82) is 0 Å². The van der Waals surface area contributed by atoms with Crippen molar-refractivity contribution in [3.8, 4) is 63.6 Å². The van der Waals surface area contributed by atoms with E-state index < -0.39 is 41.6 Å². The lowest BCUT2D eigenvalue weighted by Gasteiger charge is -2.39. The van der Waals surface area contributed by atoms with Crippen LogP contribution in [-0.2, 0) is 39.1 Å². The molecule has 0 amide bonds. The maximum Gasteiger partial charge on any atom is 0.302 e. The molecule has 2 saturated carbocycles. The molecule has 446 valence electrons. The molecule has 13 nitrogen and oxygen atoms in total. The van der Waals surface area contributed by atoms with Crippen LogP contribution in [0.3, 0.4) is 0 Å². The number of carbonyl (C=O) groups is 1. The fourth-order valence-electron chi connectivity index (χ4n) is 15.9. The summed E-state index contributed by atoms with van der Waals surface area (Å²) in [5, 5.41) is 47.5. The number of nitrogens with two attached hydrogens (primary N) is 1. The van der Waals surface area contributed by atoms with Gasteiger partial charge in [0.05, 0.1) is 42.8 Å². The highest BCUT2D eigenvalue weighted by Gasteiger charge is 2.52. The monoisotopic (exact) mass is 1180 g/mol.